The Morgan fingerprint density at radius 1 is 1.56 bits per heavy atom. The van der Waals surface area contributed by atoms with Gasteiger partial charge in [-0.3, -0.25) is 0 Å². The van der Waals surface area contributed by atoms with Crippen molar-refractivity contribution in [2.45, 2.75) is 25.9 Å². The standard InChI is InChI=1S/C12H14ClNO2/c1-9-8-11(2-3-12(9)13)16-7-5-10(15)4-6-14/h2-3,8,10,15H,4-5,7H2,1H3. The van der Waals surface area contributed by atoms with Gasteiger partial charge in [-0.25, -0.2) is 0 Å². The summed E-state index contributed by atoms with van der Waals surface area (Å²) in [6.45, 7) is 2.30. The normalized spacial score (nSPS) is 11.9. The summed E-state index contributed by atoms with van der Waals surface area (Å²) < 4.78 is 5.43. The quantitative estimate of drug-likeness (QED) is 0.860. The molecule has 0 heterocycles. The minimum absolute atomic E-state index is 0.142. The van der Waals surface area contributed by atoms with Gasteiger partial charge in [0.25, 0.3) is 0 Å². The molecule has 0 amide bonds. The molecular weight excluding hydrogens is 226 g/mol. The average molecular weight is 240 g/mol. The fourth-order valence-corrected chi connectivity index (χ4v) is 1.34. The summed E-state index contributed by atoms with van der Waals surface area (Å²) in [6, 6.07) is 7.32. The lowest BCUT2D eigenvalue weighted by Crippen LogP contribution is -2.11. The van der Waals surface area contributed by atoms with Crippen LogP contribution in [0.4, 0.5) is 0 Å². The summed E-state index contributed by atoms with van der Waals surface area (Å²) in [5.74, 6) is 0.728. The Morgan fingerprint density at radius 3 is 2.94 bits per heavy atom. The Hall–Kier alpha value is -1.24. The van der Waals surface area contributed by atoms with Crippen molar-refractivity contribution in [3.63, 3.8) is 0 Å². The van der Waals surface area contributed by atoms with Crippen molar-refractivity contribution in [3.05, 3.63) is 28.8 Å². The predicted molar refractivity (Wildman–Crippen MR) is 62.5 cm³/mol. The van der Waals surface area contributed by atoms with E-state index in [1.807, 2.05) is 19.1 Å². The molecule has 16 heavy (non-hydrogen) atoms. The van der Waals surface area contributed by atoms with Crippen LogP contribution in [0.1, 0.15) is 18.4 Å². The van der Waals surface area contributed by atoms with Crippen molar-refractivity contribution in [1.82, 2.24) is 0 Å². The first kappa shape index (κ1) is 12.8. The van der Waals surface area contributed by atoms with Crippen LogP contribution < -0.4 is 4.74 Å². The summed E-state index contributed by atoms with van der Waals surface area (Å²) >= 11 is 5.87. The second-order valence-electron chi connectivity index (χ2n) is 3.56. The summed E-state index contributed by atoms with van der Waals surface area (Å²) in [4.78, 5) is 0. The van der Waals surface area contributed by atoms with Crippen LogP contribution in [0, 0.1) is 18.3 Å². The molecule has 1 N–H and O–H groups in total. The van der Waals surface area contributed by atoms with Crippen molar-refractivity contribution in [3.8, 4) is 11.8 Å². The molecule has 1 aromatic rings. The van der Waals surface area contributed by atoms with E-state index in [1.165, 1.54) is 0 Å². The van der Waals surface area contributed by atoms with Crippen LogP contribution in [-0.4, -0.2) is 17.8 Å². The van der Waals surface area contributed by atoms with Gasteiger partial charge in [0.05, 0.1) is 25.2 Å². The number of aliphatic hydroxyl groups excluding tert-OH is 1. The first-order chi connectivity index (χ1) is 7.63. The van der Waals surface area contributed by atoms with Gasteiger partial charge in [-0.15, -0.1) is 0 Å². The highest BCUT2D eigenvalue weighted by molar-refractivity contribution is 6.31. The number of nitrogens with zero attached hydrogens (tertiary/aromatic N) is 1. The van der Waals surface area contributed by atoms with Crippen molar-refractivity contribution >= 4 is 11.6 Å². The van der Waals surface area contributed by atoms with Crippen LogP contribution in [0.3, 0.4) is 0 Å². The third-order valence-electron chi connectivity index (χ3n) is 2.18. The summed E-state index contributed by atoms with van der Waals surface area (Å²) in [6.07, 6.45) is -0.0171. The highest BCUT2D eigenvalue weighted by atomic mass is 35.5. The molecule has 3 nitrogen and oxygen atoms in total. The molecule has 86 valence electrons. The summed E-state index contributed by atoms with van der Waals surface area (Å²) in [5.41, 5.74) is 0.955. The third kappa shape index (κ3) is 4.09. The van der Waals surface area contributed by atoms with Gasteiger partial charge in [0.1, 0.15) is 5.75 Å². The molecule has 1 aromatic carbocycles. The molecule has 0 saturated carbocycles. The van der Waals surface area contributed by atoms with E-state index >= 15 is 0 Å². The Morgan fingerprint density at radius 2 is 2.31 bits per heavy atom. The Bertz CT molecular complexity index is 387. The van der Waals surface area contributed by atoms with Gasteiger partial charge in [0.2, 0.25) is 0 Å². The number of aliphatic hydroxyl groups is 1. The zero-order valence-corrected chi connectivity index (χ0v) is 9.87. The SMILES string of the molecule is Cc1cc(OCCC(O)CC#N)ccc1Cl. The predicted octanol–water partition coefficient (Wildman–Crippen LogP) is 2.69. The van der Waals surface area contributed by atoms with E-state index in [2.05, 4.69) is 0 Å². The van der Waals surface area contributed by atoms with Crippen molar-refractivity contribution in [2.75, 3.05) is 6.61 Å². The van der Waals surface area contributed by atoms with Gasteiger partial charge in [0.15, 0.2) is 0 Å². The molecule has 4 heteroatoms. The fourth-order valence-electron chi connectivity index (χ4n) is 1.23. The van der Waals surface area contributed by atoms with Crippen molar-refractivity contribution in [2.24, 2.45) is 0 Å². The molecule has 0 fully saturated rings. The number of ether oxygens (including phenoxy) is 1. The highest BCUT2D eigenvalue weighted by Gasteiger charge is 2.04. The van der Waals surface area contributed by atoms with E-state index in [0.717, 1.165) is 11.3 Å². The third-order valence-corrected chi connectivity index (χ3v) is 2.60. The lowest BCUT2D eigenvalue weighted by atomic mass is 10.2. The van der Waals surface area contributed by atoms with Gasteiger partial charge >= 0.3 is 0 Å². The highest BCUT2D eigenvalue weighted by Crippen LogP contribution is 2.21. The monoisotopic (exact) mass is 239 g/mol. The van der Waals surface area contributed by atoms with E-state index in [-0.39, 0.29) is 6.42 Å². The lowest BCUT2D eigenvalue weighted by molar-refractivity contribution is 0.143. The van der Waals surface area contributed by atoms with Gasteiger partial charge < -0.3 is 9.84 Å². The van der Waals surface area contributed by atoms with Crippen LogP contribution in [0.15, 0.2) is 18.2 Å². The van der Waals surface area contributed by atoms with Crippen LogP contribution >= 0.6 is 11.6 Å². The van der Waals surface area contributed by atoms with E-state index in [4.69, 9.17) is 21.6 Å². The number of benzene rings is 1. The Kier molecular flexibility index (Phi) is 5.10. The molecular formula is C12H14ClNO2. The Labute approximate surface area is 100 Å². The number of halogens is 1. The zero-order valence-electron chi connectivity index (χ0n) is 9.11. The summed E-state index contributed by atoms with van der Waals surface area (Å²) in [7, 11) is 0. The molecule has 0 aliphatic carbocycles. The van der Waals surface area contributed by atoms with Gasteiger partial charge in [0, 0.05) is 11.4 Å². The van der Waals surface area contributed by atoms with E-state index in [1.54, 1.807) is 12.1 Å². The van der Waals surface area contributed by atoms with E-state index in [0.29, 0.717) is 18.1 Å². The second kappa shape index (κ2) is 6.37. The number of rotatable bonds is 5. The van der Waals surface area contributed by atoms with Crippen LogP contribution in [0.2, 0.25) is 5.02 Å². The molecule has 0 radical (unpaired) electrons. The van der Waals surface area contributed by atoms with E-state index in [9.17, 15) is 5.11 Å². The number of hydrogen-bond donors (Lipinski definition) is 1. The maximum atomic E-state index is 9.30. The van der Waals surface area contributed by atoms with E-state index < -0.39 is 6.10 Å². The molecule has 0 bridgehead atoms. The van der Waals surface area contributed by atoms with Crippen LogP contribution in [0.25, 0.3) is 0 Å². The number of aryl methyl sites for hydroxylation is 1. The fraction of sp³-hybridized carbons (Fsp3) is 0.417. The number of hydrogen-bond acceptors (Lipinski definition) is 3. The molecule has 1 rings (SSSR count). The average Bonchev–Trinajstić information content (AvgIpc) is 2.24. The zero-order chi connectivity index (χ0) is 12.0. The minimum atomic E-state index is -0.613. The van der Waals surface area contributed by atoms with Gasteiger partial charge in [-0.2, -0.15) is 5.26 Å². The minimum Gasteiger partial charge on any atom is -0.493 e. The molecule has 0 aliphatic rings. The first-order valence-corrected chi connectivity index (χ1v) is 5.45. The topological polar surface area (TPSA) is 53.2 Å². The first-order valence-electron chi connectivity index (χ1n) is 5.07. The van der Waals surface area contributed by atoms with Crippen molar-refractivity contribution in [1.29, 1.82) is 5.26 Å². The molecule has 1 atom stereocenters. The smallest absolute Gasteiger partial charge is 0.119 e. The van der Waals surface area contributed by atoms with Gasteiger partial charge in [-0.1, -0.05) is 11.6 Å². The van der Waals surface area contributed by atoms with Crippen LogP contribution in [0.5, 0.6) is 5.75 Å². The molecule has 0 aliphatic heterocycles. The van der Waals surface area contributed by atoms with Crippen LogP contribution in [-0.2, 0) is 0 Å². The molecule has 0 saturated heterocycles. The molecule has 0 aromatic heterocycles. The molecule has 1 unspecified atom stereocenters. The summed E-state index contributed by atoms with van der Waals surface area (Å²) in [5, 5.41) is 18.4. The van der Waals surface area contributed by atoms with Gasteiger partial charge in [-0.05, 0) is 30.7 Å². The lowest BCUT2D eigenvalue weighted by Gasteiger charge is -2.09. The maximum absolute atomic E-state index is 9.30. The largest absolute Gasteiger partial charge is 0.493 e. The number of nitriles is 1. The molecule has 0 spiro atoms. The Balaban J connectivity index is 2.38. The van der Waals surface area contributed by atoms with Crippen molar-refractivity contribution < 1.29 is 9.84 Å². The second-order valence-corrected chi connectivity index (χ2v) is 3.97. The maximum Gasteiger partial charge on any atom is 0.119 e.